The minimum atomic E-state index is -0.746. The molecule has 0 amide bonds. The number of aryl methyl sites for hydroxylation is 1. The lowest BCUT2D eigenvalue weighted by Gasteiger charge is -2.29. The van der Waals surface area contributed by atoms with Crippen molar-refractivity contribution in [3.05, 3.63) is 5.82 Å². The SMILES string of the molecule is CC1CCN(Cc2nnnn2CCCCC(=O)O)CC1. The number of tetrazole rings is 1. The van der Waals surface area contributed by atoms with E-state index >= 15 is 0 Å². The van der Waals surface area contributed by atoms with E-state index < -0.39 is 5.97 Å². The van der Waals surface area contributed by atoms with Crippen molar-refractivity contribution in [2.75, 3.05) is 13.1 Å². The maximum absolute atomic E-state index is 10.5. The average Bonchev–Trinajstić information content (AvgIpc) is 2.85. The maximum Gasteiger partial charge on any atom is 0.303 e. The van der Waals surface area contributed by atoms with Gasteiger partial charge in [0.15, 0.2) is 5.82 Å². The van der Waals surface area contributed by atoms with Crippen LogP contribution in [0.25, 0.3) is 0 Å². The van der Waals surface area contributed by atoms with E-state index in [0.717, 1.165) is 37.8 Å². The Kier molecular flexibility index (Phi) is 5.46. The summed E-state index contributed by atoms with van der Waals surface area (Å²) in [5, 5.41) is 20.4. The number of hydrogen-bond acceptors (Lipinski definition) is 5. The summed E-state index contributed by atoms with van der Waals surface area (Å²) in [6.45, 7) is 5.99. The van der Waals surface area contributed by atoms with Gasteiger partial charge in [-0.25, -0.2) is 4.68 Å². The maximum atomic E-state index is 10.5. The number of rotatable bonds is 7. The monoisotopic (exact) mass is 281 g/mol. The van der Waals surface area contributed by atoms with Crippen LogP contribution in [0.4, 0.5) is 0 Å². The number of piperidine rings is 1. The predicted octanol–water partition coefficient (Wildman–Crippen LogP) is 1.16. The summed E-state index contributed by atoms with van der Waals surface area (Å²) < 4.78 is 1.81. The van der Waals surface area contributed by atoms with Crippen molar-refractivity contribution in [1.82, 2.24) is 25.1 Å². The molecule has 2 rings (SSSR count). The number of likely N-dealkylation sites (tertiary alicyclic amines) is 1. The fourth-order valence-corrected chi connectivity index (χ4v) is 2.47. The quantitative estimate of drug-likeness (QED) is 0.755. The first-order valence-electron chi connectivity index (χ1n) is 7.34. The van der Waals surface area contributed by atoms with Crippen LogP contribution in [0, 0.1) is 5.92 Å². The smallest absolute Gasteiger partial charge is 0.303 e. The number of carboxylic acid groups (broad SMARTS) is 1. The highest BCUT2D eigenvalue weighted by atomic mass is 16.4. The molecule has 1 aliphatic rings. The summed E-state index contributed by atoms with van der Waals surface area (Å²) in [5.41, 5.74) is 0. The minimum Gasteiger partial charge on any atom is -0.481 e. The first kappa shape index (κ1) is 14.9. The minimum absolute atomic E-state index is 0.210. The Labute approximate surface area is 119 Å². The number of aliphatic carboxylic acids is 1. The van der Waals surface area contributed by atoms with E-state index in [9.17, 15) is 4.79 Å². The Morgan fingerprint density at radius 1 is 1.35 bits per heavy atom. The summed E-state index contributed by atoms with van der Waals surface area (Å²) in [5.74, 6) is 0.956. The van der Waals surface area contributed by atoms with Crippen molar-refractivity contribution < 1.29 is 9.90 Å². The zero-order valence-electron chi connectivity index (χ0n) is 12.0. The number of hydrogen-bond donors (Lipinski definition) is 1. The predicted molar refractivity (Wildman–Crippen MR) is 73.0 cm³/mol. The number of carboxylic acids is 1. The summed E-state index contributed by atoms with van der Waals surface area (Å²) in [6, 6.07) is 0. The molecule has 112 valence electrons. The van der Waals surface area contributed by atoms with E-state index in [1.165, 1.54) is 12.8 Å². The van der Waals surface area contributed by atoms with Crippen LogP contribution in [0.5, 0.6) is 0 Å². The molecule has 0 radical (unpaired) electrons. The second-order valence-electron chi connectivity index (χ2n) is 5.63. The van der Waals surface area contributed by atoms with Gasteiger partial charge in [0.25, 0.3) is 0 Å². The molecule has 7 nitrogen and oxygen atoms in total. The van der Waals surface area contributed by atoms with Crippen molar-refractivity contribution in [1.29, 1.82) is 0 Å². The lowest BCUT2D eigenvalue weighted by Crippen LogP contribution is -2.33. The molecule has 1 fully saturated rings. The molecule has 1 N–H and O–H groups in total. The van der Waals surface area contributed by atoms with Gasteiger partial charge in [0.2, 0.25) is 0 Å². The molecule has 2 heterocycles. The van der Waals surface area contributed by atoms with Crippen molar-refractivity contribution in [2.24, 2.45) is 5.92 Å². The molecule has 1 saturated heterocycles. The number of aromatic nitrogens is 4. The van der Waals surface area contributed by atoms with Gasteiger partial charge in [0.1, 0.15) is 0 Å². The molecular formula is C13H23N5O2. The highest BCUT2D eigenvalue weighted by Gasteiger charge is 2.18. The average molecular weight is 281 g/mol. The summed E-state index contributed by atoms with van der Waals surface area (Å²) in [4.78, 5) is 12.9. The number of carbonyl (C=O) groups is 1. The molecule has 0 atom stereocenters. The van der Waals surface area contributed by atoms with E-state index in [0.29, 0.717) is 13.0 Å². The van der Waals surface area contributed by atoms with Gasteiger partial charge >= 0.3 is 5.97 Å². The molecule has 0 aliphatic carbocycles. The van der Waals surface area contributed by atoms with Crippen LogP contribution in [0.2, 0.25) is 0 Å². The fraction of sp³-hybridized carbons (Fsp3) is 0.846. The largest absolute Gasteiger partial charge is 0.481 e. The van der Waals surface area contributed by atoms with Crippen LogP contribution >= 0.6 is 0 Å². The number of unbranched alkanes of at least 4 members (excludes halogenated alkanes) is 1. The molecule has 0 spiro atoms. The summed E-state index contributed by atoms with van der Waals surface area (Å²) in [7, 11) is 0. The van der Waals surface area contributed by atoms with E-state index in [-0.39, 0.29) is 6.42 Å². The molecule has 0 aromatic carbocycles. The van der Waals surface area contributed by atoms with Gasteiger partial charge in [-0.3, -0.25) is 9.69 Å². The van der Waals surface area contributed by atoms with Crippen LogP contribution in [0.15, 0.2) is 0 Å². The van der Waals surface area contributed by atoms with Crippen LogP contribution in [-0.4, -0.2) is 49.3 Å². The molecule has 1 aliphatic heterocycles. The molecule has 0 bridgehead atoms. The van der Waals surface area contributed by atoms with Crippen LogP contribution in [0.3, 0.4) is 0 Å². The molecule has 1 aromatic rings. The Balaban J connectivity index is 1.77. The van der Waals surface area contributed by atoms with Gasteiger partial charge in [-0.15, -0.1) is 5.10 Å². The van der Waals surface area contributed by atoms with Gasteiger partial charge in [0, 0.05) is 13.0 Å². The molecule has 0 unspecified atom stereocenters. The van der Waals surface area contributed by atoms with Gasteiger partial charge in [-0.2, -0.15) is 0 Å². The first-order chi connectivity index (χ1) is 9.65. The highest BCUT2D eigenvalue weighted by Crippen LogP contribution is 2.17. The fourth-order valence-electron chi connectivity index (χ4n) is 2.47. The number of nitrogens with zero attached hydrogens (tertiary/aromatic N) is 5. The van der Waals surface area contributed by atoms with E-state index in [1.807, 2.05) is 0 Å². The molecule has 1 aromatic heterocycles. The summed E-state index contributed by atoms with van der Waals surface area (Å²) in [6.07, 6.45) is 4.14. The summed E-state index contributed by atoms with van der Waals surface area (Å²) >= 11 is 0. The second-order valence-corrected chi connectivity index (χ2v) is 5.63. The lowest BCUT2D eigenvalue weighted by atomic mass is 9.99. The van der Waals surface area contributed by atoms with Crippen LogP contribution in [0.1, 0.15) is 44.9 Å². The van der Waals surface area contributed by atoms with Crippen molar-refractivity contribution in [3.63, 3.8) is 0 Å². The third kappa shape index (κ3) is 4.56. The van der Waals surface area contributed by atoms with Gasteiger partial charge in [-0.05, 0) is 55.1 Å². The molecule has 0 saturated carbocycles. The van der Waals surface area contributed by atoms with E-state index in [2.05, 4.69) is 27.3 Å². The normalized spacial score (nSPS) is 17.4. The standard InChI is InChI=1S/C13H23N5O2/c1-11-5-8-17(9-6-11)10-12-14-15-16-18(12)7-3-2-4-13(19)20/h11H,2-10H2,1H3,(H,19,20). The van der Waals surface area contributed by atoms with E-state index in [4.69, 9.17) is 5.11 Å². The van der Waals surface area contributed by atoms with Crippen molar-refractivity contribution in [3.8, 4) is 0 Å². The molecule has 20 heavy (non-hydrogen) atoms. The molecule has 7 heteroatoms. The van der Waals surface area contributed by atoms with Gasteiger partial charge in [-0.1, -0.05) is 6.92 Å². The van der Waals surface area contributed by atoms with Crippen molar-refractivity contribution >= 4 is 5.97 Å². The molecular weight excluding hydrogens is 258 g/mol. The zero-order chi connectivity index (χ0) is 14.4. The zero-order valence-corrected chi connectivity index (χ0v) is 12.0. The Morgan fingerprint density at radius 3 is 2.80 bits per heavy atom. The third-order valence-corrected chi connectivity index (χ3v) is 3.86. The topological polar surface area (TPSA) is 84.1 Å². The first-order valence-corrected chi connectivity index (χ1v) is 7.34. The van der Waals surface area contributed by atoms with Crippen LogP contribution in [-0.2, 0) is 17.9 Å². The third-order valence-electron chi connectivity index (χ3n) is 3.86. The Morgan fingerprint density at radius 2 is 2.10 bits per heavy atom. The Hall–Kier alpha value is -1.50. The second kappa shape index (κ2) is 7.33. The van der Waals surface area contributed by atoms with Gasteiger partial charge in [0.05, 0.1) is 6.54 Å². The van der Waals surface area contributed by atoms with Gasteiger partial charge < -0.3 is 5.11 Å². The lowest BCUT2D eigenvalue weighted by molar-refractivity contribution is -0.137. The van der Waals surface area contributed by atoms with E-state index in [1.54, 1.807) is 4.68 Å². The highest BCUT2D eigenvalue weighted by molar-refractivity contribution is 5.66. The van der Waals surface area contributed by atoms with Crippen molar-refractivity contribution in [2.45, 2.75) is 52.1 Å². The Bertz CT molecular complexity index is 426. The van der Waals surface area contributed by atoms with Crippen LogP contribution < -0.4 is 0 Å².